The Labute approximate surface area is 161 Å². The number of nitriles is 1. The topological polar surface area (TPSA) is 126 Å². The molecule has 2 amide bonds. The van der Waals surface area contributed by atoms with Crippen LogP contribution in [0.3, 0.4) is 0 Å². The van der Waals surface area contributed by atoms with Crippen molar-refractivity contribution in [2.45, 2.75) is 6.92 Å². The number of non-ortho nitro benzene ring substituents is 1. The van der Waals surface area contributed by atoms with Gasteiger partial charge in [0.2, 0.25) is 0 Å². The number of imide groups is 1. The summed E-state index contributed by atoms with van der Waals surface area (Å²) in [5.41, 5.74) is 0.813. The van der Waals surface area contributed by atoms with Gasteiger partial charge < -0.3 is 4.42 Å². The standard InChI is InChI=1S/C18H10BrN3O5/c1-9-13(17(23)21-18(24)14(9)8-20)7-11-3-5-16(27-11)12-4-2-10(22(25)26)6-15(12)19/h2-7H,1H3,(H,21,23,24). The van der Waals surface area contributed by atoms with Gasteiger partial charge in [-0.3, -0.25) is 25.0 Å². The lowest BCUT2D eigenvalue weighted by atomic mass is 9.96. The summed E-state index contributed by atoms with van der Waals surface area (Å²) in [5, 5.41) is 22.0. The van der Waals surface area contributed by atoms with Crippen molar-refractivity contribution in [2.75, 3.05) is 0 Å². The molecule has 8 nitrogen and oxygen atoms in total. The molecule has 2 aromatic rings. The van der Waals surface area contributed by atoms with Crippen LogP contribution in [0, 0.1) is 21.4 Å². The van der Waals surface area contributed by atoms with E-state index in [0.717, 1.165) is 0 Å². The molecule has 1 aliphatic rings. The molecule has 0 spiro atoms. The largest absolute Gasteiger partial charge is 0.457 e. The molecule has 1 N–H and O–H groups in total. The minimum atomic E-state index is -0.730. The fourth-order valence-electron chi connectivity index (χ4n) is 2.55. The van der Waals surface area contributed by atoms with Crippen LogP contribution in [-0.2, 0) is 9.59 Å². The number of hydrogen-bond acceptors (Lipinski definition) is 6. The van der Waals surface area contributed by atoms with E-state index in [0.29, 0.717) is 21.6 Å². The molecule has 0 aliphatic carbocycles. The van der Waals surface area contributed by atoms with Crippen molar-refractivity contribution in [3.05, 3.63) is 67.4 Å². The molecule has 1 aliphatic heterocycles. The van der Waals surface area contributed by atoms with E-state index in [1.807, 2.05) is 0 Å². The number of halogens is 1. The zero-order chi connectivity index (χ0) is 19.7. The Hall–Kier alpha value is -3.51. The second-order valence-electron chi connectivity index (χ2n) is 5.58. The molecule has 134 valence electrons. The third kappa shape index (κ3) is 3.43. The van der Waals surface area contributed by atoms with Gasteiger partial charge in [-0.25, -0.2) is 0 Å². The summed E-state index contributed by atoms with van der Waals surface area (Å²) < 4.78 is 6.18. The van der Waals surface area contributed by atoms with Crippen LogP contribution in [0.25, 0.3) is 17.4 Å². The minimum Gasteiger partial charge on any atom is -0.457 e. The predicted molar refractivity (Wildman–Crippen MR) is 97.9 cm³/mol. The first-order valence-corrected chi connectivity index (χ1v) is 8.34. The Morgan fingerprint density at radius 1 is 1.26 bits per heavy atom. The molecule has 3 rings (SSSR count). The number of carbonyl (C=O) groups is 2. The van der Waals surface area contributed by atoms with Crippen LogP contribution in [0.4, 0.5) is 5.69 Å². The quantitative estimate of drug-likeness (QED) is 0.345. The highest BCUT2D eigenvalue weighted by Crippen LogP contribution is 2.33. The van der Waals surface area contributed by atoms with E-state index in [1.54, 1.807) is 24.3 Å². The first-order valence-electron chi connectivity index (χ1n) is 7.54. The first-order chi connectivity index (χ1) is 12.8. The summed E-state index contributed by atoms with van der Waals surface area (Å²) in [6.07, 6.45) is 1.43. The highest BCUT2D eigenvalue weighted by atomic mass is 79.9. The lowest BCUT2D eigenvalue weighted by Crippen LogP contribution is -2.37. The molecule has 0 atom stereocenters. The molecule has 0 saturated carbocycles. The molecular weight excluding hydrogens is 418 g/mol. The zero-order valence-electron chi connectivity index (χ0n) is 13.8. The monoisotopic (exact) mass is 427 g/mol. The third-order valence-corrected chi connectivity index (χ3v) is 4.59. The number of carbonyl (C=O) groups excluding carboxylic acids is 2. The van der Waals surface area contributed by atoms with E-state index in [9.17, 15) is 19.7 Å². The van der Waals surface area contributed by atoms with Gasteiger partial charge in [-0.1, -0.05) is 0 Å². The number of amides is 2. The Balaban J connectivity index is 2.00. The van der Waals surface area contributed by atoms with Crippen LogP contribution < -0.4 is 5.32 Å². The lowest BCUT2D eigenvalue weighted by molar-refractivity contribution is -0.384. The Bertz CT molecular complexity index is 1100. The summed E-state index contributed by atoms with van der Waals surface area (Å²) in [6, 6.07) is 9.30. The second kappa shape index (κ2) is 7.01. The van der Waals surface area contributed by atoms with Gasteiger partial charge in [-0.05, 0) is 52.7 Å². The van der Waals surface area contributed by atoms with Gasteiger partial charge >= 0.3 is 0 Å². The van der Waals surface area contributed by atoms with Crippen molar-refractivity contribution in [1.82, 2.24) is 5.32 Å². The average Bonchev–Trinajstić information content (AvgIpc) is 3.07. The number of benzene rings is 1. The number of nitrogens with zero attached hydrogens (tertiary/aromatic N) is 2. The SMILES string of the molecule is CC1=C(C#N)C(=O)NC(=O)C1=Cc1ccc(-c2ccc([N+](=O)[O-])cc2Br)o1. The van der Waals surface area contributed by atoms with Crippen LogP contribution in [-0.4, -0.2) is 16.7 Å². The smallest absolute Gasteiger partial charge is 0.270 e. The van der Waals surface area contributed by atoms with Gasteiger partial charge in [-0.2, -0.15) is 5.26 Å². The summed E-state index contributed by atoms with van der Waals surface area (Å²) >= 11 is 3.28. The number of hydrogen-bond donors (Lipinski definition) is 1. The van der Waals surface area contributed by atoms with Crippen LogP contribution in [0.2, 0.25) is 0 Å². The molecule has 0 radical (unpaired) electrons. The summed E-state index contributed by atoms with van der Waals surface area (Å²) in [5.74, 6) is -0.595. The second-order valence-corrected chi connectivity index (χ2v) is 6.43. The number of nitro benzene ring substituents is 1. The molecule has 0 saturated heterocycles. The maximum absolute atomic E-state index is 12.1. The molecule has 27 heavy (non-hydrogen) atoms. The lowest BCUT2D eigenvalue weighted by Gasteiger charge is -2.15. The molecule has 0 unspecified atom stereocenters. The Morgan fingerprint density at radius 3 is 2.63 bits per heavy atom. The Morgan fingerprint density at radius 2 is 2.00 bits per heavy atom. The van der Waals surface area contributed by atoms with Gasteiger partial charge in [0.15, 0.2) is 0 Å². The van der Waals surface area contributed by atoms with Crippen molar-refractivity contribution >= 4 is 39.5 Å². The van der Waals surface area contributed by atoms with Gasteiger partial charge in [-0.15, -0.1) is 0 Å². The molecule has 9 heteroatoms. The van der Waals surface area contributed by atoms with E-state index in [4.69, 9.17) is 9.68 Å². The third-order valence-electron chi connectivity index (χ3n) is 3.93. The normalized spacial score (nSPS) is 15.7. The summed E-state index contributed by atoms with van der Waals surface area (Å²) in [7, 11) is 0. The summed E-state index contributed by atoms with van der Waals surface area (Å²) in [6.45, 7) is 1.51. The predicted octanol–water partition coefficient (Wildman–Crippen LogP) is 3.50. The minimum absolute atomic E-state index is 0.0622. The molecule has 0 bridgehead atoms. The van der Waals surface area contributed by atoms with E-state index >= 15 is 0 Å². The van der Waals surface area contributed by atoms with Gasteiger partial charge in [0, 0.05) is 27.7 Å². The fraction of sp³-hybridized carbons (Fsp3) is 0.0556. The van der Waals surface area contributed by atoms with Crippen LogP contribution in [0.1, 0.15) is 12.7 Å². The number of nitro groups is 1. The number of furan rings is 1. The molecular formula is C18H10BrN3O5. The fourth-order valence-corrected chi connectivity index (χ4v) is 3.11. The molecule has 1 aromatic carbocycles. The van der Waals surface area contributed by atoms with Crippen molar-refractivity contribution in [3.63, 3.8) is 0 Å². The summed E-state index contributed by atoms with van der Waals surface area (Å²) in [4.78, 5) is 34.0. The van der Waals surface area contributed by atoms with Gasteiger partial charge in [0.05, 0.1) is 4.92 Å². The highest BCUT2D eigenvalue weighted by molar-refractivity contribution is 9.10. The van der Waals surface area contributed by atoms with Gasteiger partial charge in [0.1, 0.15) is 23.2 Å². The molecule has 1 aromatic heterocycles. The van der Waals surface area contributed by atoms with Gasteiger partial charge in [0.25, 0.3) is 17.5 Å². The highest BCUT2D eigenvalue weighted by Gasteiger charge is 2.27. The van der Waals surface area contributed by atoms with Crippen molar-refractivity contribution in [2.24, 2.45) is 0 Å². The first kappa shape index (κ1) is 18.3. The van der Waals surface area contributed by atoms with Crippen LogP contribution >= 0.6 is 15.9 Å². The molecule has 2 heterocycles. The Kier molecular flexibility index (Phi) is 4.75. The number of nitrogens with one attached hydrogen (secondary N) is 1. The average molecular weight is 428 g/mol. The van der Waals surface area contributed by atoms with E-state index in [2.05, 4.69) is 21.2 Å². The van der Waals surface area contributed by atoms with Crippen molar-refractivity contribution in [1.29, 1.82) is 5.26 Å². The van der Waals surface area contributed by atoms with E-state index in [-0.39, 0.29) is 22.4 Å². The zero-order valence-corrected chi connectivity index (χ0v) is 15.4. The van der Waals surface area contributed by atoms with Crippen molar-refractivity contribution in [3.8, 4) is 17.4 Å². The van der Waals surface area contributed by atoms with Crippen LogP contribution in [0.15, 0.2) is 55.9 Å². The van der Waals surface area contributed by atoms with Crippen LogP contribution in [0.5, 0.6) is 0 Å². The maximum atomic E-state index is 12.1. The van der Waals surface area contributed by atoms with E-state index in [1.165, 1.54) is 25.1 Å². The molecule has 0 fully saturated rings. The number of rotatable bonds is 3. The van der Waals surface area contributed by atoms with E-state index < -0.39 is 16.7 Å². The van der Waals surface area contributed by atoms with Crippen molar-refractivity contribution < 1.29 is 18.9 Å². The maximum Gasteiger partial charge on any atom is 0.270 e.